The van der Waals surface area contributed by atoms with Crippen LogP contribution in [0, 0.1) is 14.9 Å². The molecule has 3 nitrogen and oxygen atoms in total. The van der Waals surface area contributed by atoms with Crippen LogP contribution in [0.5, 0.6) is 0 Å². The van der Waals surface area contributed by atoms with Gasteiger partial charge in [0.05, 0.1) is 12.0 Å². The van der Waals surface area contributed by atoms with Crippen molar-refractivity contribution in [1.82, 2.24) is 0 Å². The second-order valence-corrected chi connectivity index (χ2v) is 4.18. The summed E-state index contributed by atoms with van der Waals surface area (Å²) in [5.74, 6) is -0.842. The molecular formula is C11H10INO2. The SMILES string of the molecule is CCc1c(CC(=O)O)ccc(C#N)c1I. The van der Waals surface area contributed by atoms with Gasteiger partial charge in [-0.1, -0.05) is 13.0 Å². The van der Waals surface area contributed by atoms with E-state index in [2.05, 4.69) is 28.7 Å². The van der Waals surface area contributed by atoms with Gasteiger partial charge in [-0.3, -0.25) is 4.79 Å². The molecule has 1 aromatic rings. The van der Waals surface area contributed by atoms with E-state index in [4.69, 9.17) is 10.4 Å². The number of carboxylic acids is 1. The highest BCUT2D eigenvalue weighted by Gasteiger charge is 2.11. The van der Waals surface area contributed by atoms with Crippen LogP contribution in [0.3, 0.4) is 0 Å². The molecule has 0 bridgehead atoms. The topological polar surface area (TPSA) is 61.1 Å². The molecule has 4 heteroatoms. The normalized spacial score (nSPS) is 9.67. The molecule has 0 spiro atoms. The van der Waals surface area contributed by atoms with E-state index in [-0.39, 0.29) is 6.42 Å². The summed E-state index contributed by atoms with van der Waals surface area (Å²) in [4.78, 5) is 10.6. The maximum Gasteiger partial charge on any atom is 0.307 e. The molecule has 1 N–H and O–H groups in total. The Morgan fingerprint density at radius 3 is 2.73 bits per heavy atom. The fraction of sp³-hybridized carbons (Fsp3) is 0.273. The van der Waals surface area contributed by atoms with Crippen LogP contribution >= 0.6 is 22.6 Å². The van der Waals surface area contributed by atoms with Gasteiger partial charge in [0.2, 0.25) is 0 Å². The fourth-order valence-corrected chi connectivity index (χ4v) is 2.49. The summed E-state index contributed by atoms with van der Waals surface area (Å²) < 4.78 is 0.872. The molecule has 1 aromatic carbocycles. The third-order valence-electron chi connectivity index (χ3n) is 2.16. The zero-order chi connectivity index (χ0) is 11.4. The molecule has 0 aromatic heterocycles. The van der Waals surface area contributed by atoms with Crippen LogP contribution in [-0.2, 0) is 17.6 Å². The predicted octanol–water partition coefficient (Wildman–Crippen LogP) is 2.35. The van der Waals surface area contributed by atoms with Crippen molar-refractivity contribution in [3.63, 3.8) is 0 Å². The molecule has 0 saturated heterocycles. The van der Waals surface area contributed by atoms with Crippen molar-refractivity contribution in [2.45, 2.75) is 19.8 Å². The maximum absolute atomic E-state index is 10.6. The number of aliphatic carboxylic acids is 1. The van der Waals surface area contributed by atoms with E-state index in [1.165, 1.54) is 0 Å². The Morgan fingerprint density at radius 1 is 1.60 bits per heavy atom. The maximum atomic E-state index is 10.6. The number of nitriles is 1. The molecule has 78 valence electrons. The molecule has 1 rings (SSSR count). The number of hydrogen-bond acceptors (Lipinski definition) is 2. The lowest BCUT2D eigenvalue weighted by molar-refractivity contribution is -0.136. The van der Waals surface area contributed by atoms with Crippen molar-refractivity contribution >= 4 is 28.6 Å². The van der Waals surface area contributed by atoms with Crippen LogP contribution in [-0.4, -0.2) is 11.1 Å². The third kappa shape index (κ3) is 2.69. The lowest BCUT2D eigenvalue weighted by Crippen LogP contribution is -2.05. The minimum Gasteiger partial charge on any atom is -0.481 e. The quantitative estimate of drug-likeness (QED) is 0.871. The number of halogens is 1. The Balaban J connectivity index is 3.25. The molecule has 0 fully saturated rings. The smallest absolute Gasteiger partial charge is 0.307 e. The molecule has 0 aliphatic heterocycles. The Morgan fingerprint density at radius 2 is 2.27 bits per heavy atom. The van der Waals surface area contributed by atoms with Gasteiger partial charge in [0.15, 0.2) is 0 Å². The van der Waals surface area contributed by atoms with Crippen molar-refractivity contribution in [2.75, 3.05) is 0 Å². The van der Waals surface area contributed by atoms with Gasteiger partial charge in [0.1, 0.15) is 6.07 Å². The second kappa shape index (κ2) is 5.12. The molecule has 0 aliphatic rings. The zero-order valence-corrected chi connectivity index (χ0v) is 10.4. The Kier molecular flexibility index (Phi) is 4.09. The van der Waals surface area contributed by atoms with Crippen molar-refractivity contribution in [2.24, 2.45) is 0 Å². The van der Waals surface area contributed by atoms with E-state index >= 15 is 0 Å². The lowest BCUT2D eigenvalue weighted by Gasteiger charge is -2.09. The van der Waals surface area contributed by atoms with Gasteiger partial charge in [-0.25, -0.2) is 0 Å². The summed E-state index contributed by atoms with van der Waals surface area (Å²) in [7, 11) is 0. The van der Waals surface area contributed by atoms with Crippen molar-refractivity contribution in [3.05, 3.63) is 32.4 Å². The van der Waals surface area contributed by atoms with Crippen LogP contribution < -0.4 is 0 Å². The number of hydrogen-bond donors (Lipinski definition) is 1. The summed E-state index contributed by atoms with van der Waals surface area (Å²) in [5, 5.41) is 17.6. The molecule has 0 atom stereocenters. The van der Waals surface area contributed by atoms with Crippen LogP contribution in [0.1, 0.15) is 23.6 Å². The Hall–Kier alpha value is -1.09. The number of rotatable bonds is 3. The van der Waals surface area contributed by atoms with Gasteiger partial charge < -0.3 is 5.11 Å². The van der Waals surface area contributed by atoms with Crippen LogP contribution in [0.15, 0.2) is 12.1 Å². The summed E-state index contributed by atoms with van der Waals surface area (Å²) in [6.07, 6.45) is 0.765. The number of benzene rings is 1. The van der Waals surface area contributed by atoms with E-state index in [1.807, 2.05) is 6.92 Å². The molecular weight excluding hydrogens is 305 g/mol. The zero-order valence-electron chi connectivity index (χ0n) is 8.25. The van der Waals surface area contributed by atoms with E-state index < -0.39 is 5.97 Å². The average molecular weight is 315 g/mol. The van der Waals surface area contributed by atoms with Crippen molar-refractivity contribution in [3.8, 4) is 6.07 Å². The van der Waals surface area contributed by atoms with E-state index in [0.717, 1.165) is 21.1 Å². The van der Waals surface area contributed by atoms with Gasteiger partial charge in [0.25, 0.3) is 0 Å². The summed E-state index contributed by atoms with van der Waals surface area (Å²) in [6, 6.07) is 5.51. The lowest BCUT2D eigenvalue weighted by atomic mass is 10.00. The number of carboxylic acid groups (broad SMARTS) is 1. The first-order chi connectivity index (χ1) is 7.10. The summed E-state index contributed by atoms with van der Waals surface area (Å²) in [6.45, 7) is 1.96. The Bertz CT molecular complexity index is 435. The van der Waals surface area contributed by atoms with Crippen LogP contribution in [0.2, 0.25) is 0 Å². The minimum absolute atomic E-state index is 0.0187. The first-order valence-electron chi connectivity index (χ1n) is 4.52. The molecule has 15 heavy (non-hydrogen) atoms. The fourth-order valence-electron chi connectivity index (χ4n) is 1.46. The number of nitrogens with zero attached hydrogens (tertiary/aromatic N) is 1. The standard InChI is InChI=1S/C11H10INO2/c1-2-9-7(5-10(14)15)3-4-8(6-13)11(9)12/h3-4H,2,5H2,1H3,(H,14,15). The van der Waals surface area contributed by atoms with Gasteiger partial charge >= 0.3 is 5.97 Å². The predicted molar refractivity (Wildman–Crippen MR) is 64.6 cm³/mol. The minimum atomic E-state index is -0.842. The molecule has 0 amide bonds. The van der Waals surface area contributed by atoms with Gasteiger partial charge in [0, 0.05) is 3.57 Å². The van der Waals surface area contributed by atoms with Gasteiger partial charge in [-0.15, -0.1) is 0 Å². The highest BCUT2D eigenvalue weighted by Crippen LogP contribution is 2.22. The van der Waals surface area contributed by atoms with Crippen molar-refractivity contribution < 1.29 is 9.90 Å². The molecule has 0 heterocycles. The first kappa shape index (κ1) is 12.0. The van der Waals surface area contributed by atoms with Crippen LogP contribution in [0.25, 0.3) is 0 Å². The monoisotopic (exact) mass is 315 g/mol. The summed E-state index contributed by atoms with van der Waals surface area (Å²) in [5.41, 5.74) is 2.38. The highest BCUT2D eigenvalue weighted by atomic mass is 127. The second-order valence-electron chi connectivity index (χ2n) is 3.10. The van der Waals surface area contributed by atoms with Crippen LogP contribution in [0.4, 0.5) is 0 Å². The average Bonchev–Trinajstić information content (AvgIpc) is 2.18. The first-order valence-corrected chi connectivity index (χ1v) is 5.60. The molecule has 0 radical (unpaired) electrons. The third-order valence-corrected chi connectivity index (χ3v) is 3.39. The molecule has 0 unspecified atom stereocenters. The molecule has 0 aliphatic carbocycles. The highest BCUT2D eigenvalue weighted by molar-refractivity contribution is 14.1. The summed E-state index contributed by atoms with van der Waals surface area (Å²) >= 11 is 2.10. The largest absolute Gasteiger partial charge is 0.481 e. The van der Waals surface area contributed by atoms with Gasteiger partial charge in [-0.2, -0.15) is 5.26 Å². The molecule has 0 saturated carbocycles. The number of carbonyl (C=O) groups is 1. The van der Waals surface area contributed by atoms with E-state index in [9.17, 15) is 4.79 Å². The van der Waals surface area contributed by atoms with E-state index in [1.54, 1.807) is 12.1 Å². The van der Waals surface area contributed by atoms with E-state index in [0.29, 0.717) is 5.56 Å². The van der Waals surface area contributed by atoms with Gasteiger partial charge in [-0.05, 0) is 46.2 Å². The van der Waals surface area contributed by atoms with Crippen molar-refractivity contribution in [1.29, 1.82) is 5.26 Å². The Labute approximate surface area is 102 Å².